The smallest absolute Gasteiger partial charge is 0.417 e. The van der Waals surface area contributed by atoms with Crippen molar-refractivity contribution in [2.45, 2.75) is 70.9 Å². The van der Waals surface area contributed by atoms with Crippen molar-refractivity contribution in [2.24, 2.45) is 0 Å². The first-order chi connectivity index (χ1) is 10.2. The van der Waals surface area contributed by atoms with Crippen LogP contribution in [0.15, 0.2) is 0 Å². The third kappa shape index (κ3) is 5.86. The zero-order chi connectivity index (χ0) is 16.9. The molecule has 22 heavy (non-hydrogen) atoms. The Morgan fingerprint density at radius 1 is 1.27 bits per heavy atom. The van der Waals surface area contributed by atoms with Gasteiger partial charge in [0.1, 0.15) is 21.8 Å². The molecule has 120 valence electrons. The summed E-state index contributed by atoms with van der Waals surface area (Å²) in [6.07, 6.45) is 0.643. The fourth-order valence-corrected chi connectivity index (χ4v) is 3.32. The summed E-state index contributed by atoms with van der Waals surface area (Å²) in [7, 11) is 3.07. The highest BCUT2D eigenvalue weighted by Gasteiger charge is 2.37. The lowest BCUT2D eigenvalue weighted by atomic mass is 9.24. The van der Waals surface area contributed by atoms with Crippen LogP contribution in [0.4, 0.5) is 0 Å². The Morgan fingerprint density at radius 2 is 1.82 bits per heavy atom. The summed E-state index contributed by atoms with van der Waals surface area (Å²) in [6, 6.07) is 0. The Kier molecular flexibility index (Phi) is 7.30. The van der Waals surface area contributed by atoms with Crippen LogP contribution in [0.25, 0.3) is 0 Å². The largest absolute Gasteiger partial charge is 0.421 e. The SMILES string of the molecule is CBC(BC(C)C)BC(C)(C)COB(C)N1C(=O)CCC1=O. The Balaban J connectivity index is 2.50. The maximum atomic E-state index is 11.7. The highest BCUT2D eigenvalue weighted by Crippen LogP contribution is 2.29. The molecular weight excluding hydrogens is 273 g/mol. The second-order valence-electron chi connectivity index (χ2n) is 7.84. The Labute approximate surface area is 138 Å². The van der Waals surface area contributed by atoms with Crippen LogP contribution in [0.1, 0.15) is 40.5 Å². The van der Waals surface area contributed by atoms with Gasteiger partial charge in [-0.1, -0.05) is 40.3 Å². The first-order valence-corrected chi connectivity index (χ1v) is 8.62. The molecule has 8 heteroatoms. The molecule has 1 heterocycles. The first kappa shape index (κ1) is 19.4. The maximum Gasteiger partial charge on any atom is 0.421 e. The van der Waals surface area contributed by atoms with E-state index >= 15 is 0 Å². The van der Waals surface area contributed by atoms with Crippen molar-refractivity contribution in [3.05, 3.63) is 0 Å². The van der Waals surface area contributed by atoms with Crippen LogP contribution < -0.4 is 0 Å². The normalized spacial score (nSPS) is 17.0. The average Bonchev–Trinajstić information content (AvgIpc) is 2.74. The van der Waals surface area contributed by atoms with Crippen molar-refractivity contribution < 1.29 is 14.2 Å². The molecule has 0 spiro atoms. The number of amides is 2. The summed E-state index contributed by atoms with van der Waals surface area (Å²) in [4.78, 5) is 24.7. The fourth-order valence-electron chi connectivity index (χ4n) is 3.32. The van der Waals surface area contributed by atoms with Crippen molar-refractivity contribution in [3.63, 3.8) is 0 Å². The molecule has 1 rings (SSSR count). The Bertz CT molecular complexity index is 388. The second kappa shape index (κ2) is 8.28. The van der Waals surface area contributed by atoms with Crippen LogP contribution in [0.3, 0.4) is 0 Å². The Morgan fingerprint density at radius 3 is 2.27 bits per heavy atom. The van der Waals surface area contributed by atoms with E-state index in [1.165, 1.54) is 19.4 Å². The lowest BCUT2D eigenvalue weighted by Gasteiger charge is -2.30. The van der Waals surface area contributed by atoms with Crippen molar-refractivity contribution in [3.8, 4) is 0 Å². The molecule has 0 bridgehead atoms. The van der Waals surface area contributed by atoms with Crippen LogP contribution in [0.5, 0.6) is 0 Å². The summed E-state index contributed by atoms with van der Waals surface area (Å²) in [5, 5.41) is 0.0512. The van der Waals surface area contributed by atoms with Gasteiger partial charge in [-0.3, -0.25) is 9.59 Å². The van der Waals surface area contributed by atoms with Gasteiger partial charge in [0.05, 0.1) is 0 Å². The minimum absolute atomic E-state index is 0.0512. The summed E-state index contributed by atoms with van der Waals surface area (Å²) in [6.45, 7) is 13.5. The molecule has 0 aliphatic carbocycles. The van der Waals surface area contributed by atoms with E-state index in [1.807, 2.05) is 0 Å². The third-order valence-corrected chi connectivity index (χ3v) is 4.39. The molecule has 1 atom stereocenters. The summed E-state index contributed by atoms with van der Waals surface area (Å²) < 4.78 is 5.87. The van der Waals surface area contributed by atoms with E-state index in [2.05, 4.69) is 34.5 Å². The molecule has 4 nitrogen and oxygen atoms in total. The predicted octanol–water partition coefficient (Wildman–Crippen LogP) is 1.36. The van der Waals surface area contributed by atoms with E-state index in [0.29, 0.717) is 30.9 Å². The number of nitrogens with zero attached hydrogens (tertiary/aromatic N) is 1. The first-order valence-electron chi connectivity index (χ1n) is 8.62. The van der Waals surface area contributed by atoms with Gasteiger partial charge in [0.15, 0.2) is 0 Å². The maximum absolute atomic E-state index is 11.7. The number of rotatable bonds is 9. The molecule has 0 aromatic carbocycles. The van der Waals surface area contributed by atoms with Gasteiger partial charge in [-0.25, -0.2) is 0 Å². The average molecular weight is 303 g/mol. The molecule has 1 aliphatic heterocycles. The molecule has 0 radical (unpaired) electrons. The summed E-state index contributed by atoms with van der Waals surface area (Å²) >= 11 is 0. The summed E-state index contributed by atoms with van der Waals surface area (Å²) in [5.41, 5.74) is 0.698. The molecule has 0 N–H and O–H groups in total. The van der Waals surface area contributed by atoms with Crippen LogP contribution >= 0.6 is 0 Å². The standard InChI is InChI=1S/C14H29B4NO3/c1-10(2)16-13(15-5)17-14(3,4)9-22-18(6)19-11(20)7-8-12(19)21/h10,13,15-17H,7-9H2,1-6H3. The van der Waals surface area contributed by atoms with E-state index in [9.17, 15) is 9.59 Å². The Hall–Kier alpha value is -0.640. The quantitative estimate of drug-likeness (QED) is 0.477. The number of carbonyl (C=O) groups excluding carboxylic acids is 2. The van der Waals surface area contributed by atoms with Gasteiger partial charge in [-0.2, -0.15) is 0 Å². The topological polar surface area (TPSA) is 46.6 Å². The minimum atomic E-state index is -0.452. The molecule has 2 amide bonds. The molecular formula is C14H29B4NO3. The fraction of sp³-hybridized carbons (Fsp3) is 0.857. The number of hydrogen-bond donors (Lipinski definition) is 0. The molecule has 0 aromatic heterocycles. The minimum Gasteiger partial charge on any atom is -0.417 e. The van der Waals surface area contributed by atoms with Crippen LogP contribution in [-0.4, -0.2) is 52.1 Å². The van der Waals surface area contributed by atoms with Gasteiger partial charge in [0.25, 0.3) is 0 Å². The van der Waals surface area contributed by atoms with E-state index in [4.69, 9.17) is 4.65 Å². The molecule has 1 fully saturated rings. The van der Waals surface area contributed by atoms with E-state index in [1.54, 1.807) is 6.82 Å². The molecule has 0 saturated carbocycles. The zero-order valence-corrected chi connectivity index (χ0v) is 15.1. The lowest BCUT2D eigenvalue weighted by Crippen LogP contribution is -2.44. The van der Waals surface area contributed by atoms with Crippen LogP contribution in [0.2, 0.25) is 30.4 Å². The number of carbonyl (C=O) groups is 2. The molecule has 1 saturated heterocycles. The van der Waals surface area contributed by atoms with Gasteiger partial charge in [-0.15, -0.1) is 5.62 Å². The second-order valence-corrected chi connectivity index (χ2v) is 7.84. The van der Waals surface area contributed by atoms with Gasteiger partial charge >= 0.3 is 7.05 Å². The van der Waals surface area contributed by atoms with Crippen molar-refractivity contribution in [2.75, 3.05) is 6.61 Å². The van der Waals surface area contributed by atoms with Gasteiger partial charge in [-0.05, 0) is 12.1 Å². The highest BCUT2D eigenvalue weighted by molar-refractivity contribution is 6.77. The lowest BCUT2D eigenvalue weighted by molar-refractivity contribution is -0.133. The molecule has 1 unspecified atom stereocenters. The molecule has 1 aliphatic rings. The van der Waals surface area contributed by atoms with E-state index < -0.39 is 7.05 Å². The van der Waals surface area contributed by atoms with Gasteiger partial charge < -0.3 is 9.47 Å². The molecule has 0 aromatic rings. The van der Waals surface area contributed by atoms with Crippen molar-refractivity contribution in [1.29, 1.82) is 0 Å². The monoisotopic (exact) mass is 303 g/mol. The summed E-state index contributed by atoms with van der Waals surface area (Å²) in [5.74, 6) is 0.489. The number of hydrogen-bond acceptors (Lipinski definition) is 3. The van der Waals surface area contributed by atoms with Gasteiger partial charge in [0, 0.05) is 19.4 Å². The van der Waals surface area contributed by atoms with Crippen LogP contribution in [0, 0.1) is 0 Å². The van der Waals surface area contributed by atoms with E-state index in [0.717, 1.165) is 7.28 Å². The third-order valence-electron chi connectivity index (χ3n) is 4.39. The zero-order valence-electron chi connectivity index (χ0n) is 15.1. The van der Waals surface area contributed by atoms with Crippen molar-refractivity contribution in [1.82, 2.24) is 4.81 Å². The van der Waals surface area contributed by atoms with Crippen LogP contribution in [-0.2, 0) is 14.2 Å². The highest BCUT2D eigenvalue weighted by atomic mass is 16.4. The number of imide groups is 1. The van der Waals surface area contributed by atoms with E-state index in [-0.39, 0.29) is 17.1 Å². The van der Waals surface area contributed by atoms with Crippen molar-refractivity contribution >= 4 is 40.7 Å². The van der Waals surface area contributed by atoms with Gasteiger partial charge in [0.2, 0.25) is 11.8 Å². The predicted molar refractivity (Wildman–Crippen MR) is 98.9 cm³/mol.